The van der Waals surface area contributed by atoms with Gasteiger partial charge in [0.05, 0.1) is 19.3 Å². The molecule has 0 rings (SSSR count). The van der Waals surface area contributed by atoms with E-state index in [0.717, 1.165) is 12.8 Å². The molecule has 0 aliphatic heterocycles. The molecule has 0 amide bonds. The number of ether oxygens (including phenoxy) is 1. The van der Waals surface area contributed by atoms with Gasteiger partial charge in [0.1, 0.15) is 0 Å². The summed E-state index contributed by atoms with van der Waals surface area (Å²) < 4.78 is 25.1. The average molecular weight is 225 g/mol. The van der Waals surface area contributed by atoms with Crippen LogP contribution in [0.15, 0.2) is 0 Å². The number of phosphoric ester groups is 1. The van der Waals surface area contributed by atoms with Crippen LogP contribution in [0.1, 0.15) is 26.7 Å². The number of methoxy groups -OCH3 is 1. The molecule has 14 heavy (non-hydrogen) atoms. The Labute approximate surface area is 85.0 Å². The van der Waals surface area contributed by atoms with Crippen LogP contribution in [0, 0.1) is 0 Å². The Balaban J connectivity index is 3.83. The molecule has 0 aliphatic carbocycles. The SMILES string of the molecule is CCCC(COP(=O)([O-])OCC)OC. The van der Waals surface area contributed by atoms with Gasteiger partial charge in [-0.2, -0.15) is 0 Å². The van der Waals surface area contributed by atoms with Crippen molar-refractivity contribution in [2.24, 2.45) is 0 Å². The van der Waals surface area contributed by atoms with E-state index < -0.39 is 7.82 Å². The predicted octanol–water partition coefficient (Wildman–Crippen LogP) is 1.32. The van der Waals surface area contributed by atoms with Gasteiger partial charge in [-0.1, -0.05) is 13.3 Å². The lowest BCUT2D eigenvalue weighted by molar-refractivity contribution is -0.227. The van der Waals surface area contributed by atoms with Crippen molar-refractivity contribution in [1.29, 1.82) is 0 Å². The van der Waals surface area contributed by atoms with Crippen LogP contribution in [-0.4, -0.2) is 26.4 Å². The Kier molecular flexibility index (Phi) is 7.41. The van der Waals surface area contributed by atoms with Gasteiger partial charge in [0.2, 0.25) is 0 Å². The third-order valence-corrected chi connectivity index (χ3v) is 2.69. The van der Waals surface area contributed by atoms with Gasteiger partial charge < -0.3 is 18.7 Å². The van der Waals surface area contributed by atoms with Crippen molar-refractivity contribution < 1.29 is 23.2 Å². The Bertz CT molecular complexity index is 185. The average Bonchev–Trinajstić information content (AvgIpc) is 2.12. The van der Waals surface area contributed by atoms with Crippen LogP contribution < -0.4 is 4.89 Å². The Morgan fingerprint density at radius 1 is 1.36 bits per heavy atom. The number of phosphoric acid groups is 1. The van der Waals surface area contributed by atoms with Gasteiger partial charge in [0, 0.05) is 7.11 Å². The predicted molar refractivity (Wildman–Crippen MR) is 50.9 cm³/mol. The molecule has 0 saturated heterocycles. The molecule has 0 N–H and O–H groups in total. The van der Waals surface area contributed by atoms with Crippen molar-refractivity contribution in [3.05, 3.63) is 0 Å². The molecule has 2 unspecified atom stereocenters. The van der Waals surface area contributed by atoms with Gasteiger partial charge in [-0.3, -0.25) is 4.57 Å². The second kappa shape index (κ2) is 7.37. The maximum Gasteiger partial charge on any atom is 0.267 e. The largest absolute Gasteiger partial charge is 0.756 e. The molecule has 6 heteroatoms. The lowest BCUT2D eigenvalue weighted by Crippen LogP contribution is -2.20. The van der Waals surface area contributed by atoms with Crippen molar-refractivity contribution in [3.63, 3.8) is 0 Å². The molecule has 0 aromatic carbocycles. The Morgan fingerprint density at radius 3 is 2.43 bits per heavy atom. The van der Waals surface area contributed by atoms with Gasteiger partial charge >= 0.3 is 0 Å². The highest BCUT2D eigenvalue weighted by Crippen LogP contribution is 2.38. The molecule has 0 heterocycles. The smallest absolute Gasteiger partial charge is 0.267 e. The number of hydrogen-bond acceptors (Lipinski definition) is 5. The van der Waals surface area contributed by atoms with Crippen molar-refractivity contribution in [2.45, 2.75) is 32.8 Å². The Hall–Kier alpha value is 0.0700. The fourth-order valence-corrected chi connectivity index (χ4v) is 1.70. The molecule has 2 atom stereocenters. The van der Waals surface area contributed by atoms with Crippen LogP contribution >= 0.6 is 7.82 Å². The standard InChI is InChI=1S/C8H19O5P/c1-4-6-8(11-3)7-13-14(9,10)12-5-2/h8H,4-7H2,1-3H3,(H,9,10)/p-1. The zero-order valence-electron chi connectivity index (χ0n) is 8.89. The Morgan fingerprint density at radius 2 is 2.00 bits per heavy atom. The summed E-state index contributed by atoms with van der Waals surface area (Å²) in [6.07, 6.45) is 1.49. The van der Waals surface area contributed by atoms with Crippen molar-refractivity contribution in [3.8, 4) is 0 Å². The van der Waals surface area contributed by atoms with Gasteiger partial charge in [0.25, 0.3) is 7.82 Å². The second-order valence-electron chi connectivity index (χ2n) is 2.81. The molecule has 0 bridgehead atoms. The van der Waals surface area contributed by atoms with E-state index in [4.69, 9.17) is 4.74 Å². The lowest BCUT2D eigenvalue weighted by Gasteiger charge is -2.24. The quantitative estimate of drug-likeness (QED) is 0.583. The summed E-state index contributed by atoms with van der Waals surface area (Å²) in [5, 5.41) is 0. The first kappa shape index (κ1) is 14.1. The van der Waals surface area contributed by atoms with Crippen LogP contribution in [-0.2, 0) is 18.3 Å². The zero-order chi connectivity index (χ0) is 11.0. The normalized spacial score (nSPS) is 17.7. The van der Waals surface area contributed by atoms with E-state index in [9.17, 15) is 9.46 Å². The van der Waals surface area contributed by atoms with Gasteiger partial charge in [0.15, 0.2) is 0 Å². The minimum Gasteiger partial charge on any atom is -0.756 e. The van der Waals surface area contributed by atoms with E-state index in [2.05, 4.69) is 9.05 Å². The maximum atomic E-state index is 11.0. The van der Waals surface area contributed by atoms with Crippen LogP contribution in [0.5, 0.6) is 0 Å². The van der Waals surface area contributed by atoms with Gasteiger partial charge in [-0.15, -0.1) is 0 Å². The zero-order valence-corrected chi connectivity index (χ0v) is 9.79. The molecule has 0 saturated carbocycles. The van der Waals surface area contributed by atoms with E-state index in [-0.39, 0.29) is 19.3 Å². The van der Waals surface area contributed by atoms with Crippen LogP contribution in [0.2, 0.25) is 0 Å². The minimum absolute atomic E-state index is 0.0190. The van der Waals surface area contributed by atoms with Crippen molar-refractivity contribution in [2.75, 3.05) is 20.3 Å². The van der Waals surface area contributed by atoms with Crippen molar-refractivity contribution in [1.82, 2.24) is 0 Å². The third kappa shape index (κ3) is 6.51. The maximum absolute atomic E-state index is 11.0. The third-order valence-electron chi connectivity index (χ3n) is 1.65. The topological polar surface area (TPSA) is 67.8 Å². The highest BCUT2D eigenvalue weighted by Gasteiger charge is 2.12. The summed E-state index contributed by atoms with van der Waals surface area (Å²) in [4.78, 5) is 11.0. The van der Waals surface area contributed by atoms with E-state index in [1.54, 1.807) is 6.92 Å². The summed E-state index contributed by atoms with van der Waals surface area (Å²) in [5.74, 6) is 0. The number of rotatable bonds is 8. The highest BCUT2D eigenvalue weighted by molar-refractivity contribution is 7.45. The number of hydrogen-bond donors (Lipinski definition) is 0. The highest BCUT2D eigenvalue weighted by atomic mass is 31.2. The van der Waals surface area contributed by atoms with Gasteiger partial charge in [-0.05, 0) is 13.3 Å². The van der Waals surface area contributed by atoms with Crippen LogP contribution in [0.4, 0.5) is 0 Å². The molecule has 86 valence electrons. The molecule has 0 aliphatic rings. The fourth-order valence-electron chi connectivity index (χ4n) is 0.961. The molecule has 0 spiro atoms. The molecule has 5 nitrogen and oxygen atoms in total. The first-order valence-electron chi connectivity index (χ1n) is 4.68. The summed E-state index contributed by atoms with van der Waals surface area (Å²) in [6, 6.07) is 0. The summed E-state index contributed by atoms with van der Waals surface area (Å²) in [6.45, 7) is 3.69. The monoisotopic (exact) mass is 225 g/mol. The lowest BCUT2D eigenvalue weighted by atomic mass is 10.2. The van der Waals surface area contributed by atoms with Gasteiger partial charge in [-0.25, -0.2) is 0 Å². The summed E-state index contributed by atoms with van der Waals surface area (Å²) in [7, 11) is -2.59. The molecular formula is C8H18O5P-. The molecule has 0 radical (unpaired) electrons. The first-order valence-corrected chi connectivity index (χ1v) is 6.14. The summed E-state index contributed by atoms with van der Waals surface area (Å²) in [5.41, 5.74) is 0. The van der Waals surface area contributed by atoms with Crippen LogP contribution in [0.25, 0.3) is 0 Å². The summed E-state index contributed by atoms with van der Waals surface area (Å²) >= 11 is 0. The second-order valence-corrected chi connectivity index (χ2v) is 4.22. The first-order chi connectivity index (χ1) is 6.55. The van der Waals surface area contributed by atoms with E-state index in [0.29, 0.717) is 0 Å². The minimum atomic E-state index is -4.11. The molecular weight excluding hydrogens is 207 g/mol. The van der Waals surface area contributed by atoms with E-state index in [1.807, 2.05) is 6.92 Å². The van der Waals surface area contributed by atoms with Crippen LogP contribution in [0.3, 0.4) is 0 Å². The molecule has 0 aromatic rings. The van der Waals surface area contributed by atoms with E-state index in [1.165, 1.54) is 7.11 Å². The fraction of sp³-hybridized carbons (Fsp3) is 1.00. The van der Waals surface area contributed by atoms with Crippen molar-refractivity contribution >= 4 is 7.82 Å². The molecule has 0 fully saturated rings. The van der Waals surface area contributed by atoms with E-state index >= 15 is 0 Å². The molecule has 0 aromatic heterocycles.